The number of aldehydes is 1. The molecule has 0 saturated heterocycles. The molecule has 1 amide bonds. The Labute approximate surface area is 101 Å². The maximum Gasteiger partial charge on any atom is 0.258 e. The van der Waals surface area contributed by atoms with E-state index in [0.29, 0.717) is 17.6 Å². The summed E-state index contributed by atoms with van der Waals surface area (Å²) in [6.45, 7) is 5.58. The summed E-state index contributed by atoms with van der Waals surface area (Å²) in [5, 5.41) is 2.77. The monoisotopic (exact) mass is 235 g/mol. The molecule has 4 heteroatoms. The zero-order valence-electron chi connectivity index (χ0n) is 10.3. The molecule has 1 rings (SSSR count). The van der Waals surface area contributed by atoms with E-state index in [1.807, 2.05) is 20.8 Å². The zero-order chi connectivity index (χ0) is 12.9. The fourth-order valence-corrected chi connectivity index (χ4v) is 1.31. The minimum Gasteiger partial charge on any atom is -0.483 e. The van der Waals surface area contributed by atoms with Crippen LogP contribution in [0.3, 0.4) is 0 Å². The molecular weight excluding hydrogens is 218 g/mol. The molecule has 1 aromatic rings. The van der Waals surface area contributed by atoms with Gasteiger partial charge in [0.05, 0.1) is 5.56 Å². The van der Waals surface area contributed by atoms with Crippen LogP contribution in [0.4, 0.5) is 0 Å². The maximum absolute atomic E-state index is 11.5. The van der Waals surface area contributed by atoms with Crippen LogP contribution in [0.25, 0.3) is 0 Å². The SMILES string of the molecule is CC(C)(C)NC(=O)COc1ccccc1C=O. The van der Waals surface area contributed by atoms with Crippen molar-refractivity contribution in [3.05, 3.63) is 29.8 Å². The molecule has 0 fully saturated rings. The lowest BCUT2D eigenvalue weighted by atomic mass is 10.1. The summed E-state index contributed by atoms with van der Waals surface area (Å²) in [4.78, 5) is 22.2. The average Bonchev–Trinajstić information content (AvgIpc) is 2.24. The van der Waals surface area contributed by atoms with E-state index in [1.165, 1.54) is 0 Å². The lowest BCUT2D eigenvalue weighted by Gasteiger charge is -2.20. The molecule has 0 spiro atoms. The van der Waals surface area contributed by atoms with E-state index < -0.39 is 0 Å². The first kappa shape index (κ1) is 13.2. The number of amides is 1. The Morgan fingerprint density at radius 3 is 2.59 bits per heavy atom. The fraction of sp³-hybridized carbons (Fsp3) is 0.385. The summed E-state index contributed by atoms with van der Waals surface area (Å²) in [6, 6.07) is 6.80. The van der Waals surface area contributed by atoms with Gasteiger partial charge in [0.15, 0.2) is 12.9 Å². The molecule has 92 valence electrons. The van der Waals surface area contributed by atoms with Crippen LogP contribution in [-0.4, -0.2) is 24.3 Å². The van der Waals surface area contributed by atoms with Crippen molar-refractivity contribution in [1.29, 1.82) is 0 Å². The summed E-state index contributed by atoms with van der Waals surface area (Å²) >= 11 is 0. The van der Waals surface area contributed by atoms with Crippen molar-refractivity contribution in [2.24, 2.45) is 0 Å². The van der Waals surface area contributed by atoms with Crippen molar-refractivity contribution in [3.63, 3.8) is 0 Å². The van der Waals surface area contributed by atoms with Crippen molar-refractivity contribution >= 4 is 12.2 Å². The first-order valence-electron chi connectivity index (χ1n) is 5.40. The van der Waals surface area contributed by atoms with Crippen LogP contribution in [0.5, 0.6) is 5.75 Å². The topological polar surface area (TPSA) is 55.4 Å². The van der Waals surface area contributed by atoms with Crippen LogP contribution in [-0.2, 0) is 4.79 Å². The largest absolute Gasteiger partial charge is 0.483 e. The number of hydrogen-bond donors (Lipinski definition) is 1. The van der Waals surface area contributed by atoms with Gasteiger partial charge >= 0.3 is 0 Å². The van der Waals surface area contributed by atoms with Gasteiger partial charge in [0.25, 0.3) is 5.91 Å². The van der Waals surface area contributed by atoms with Crippen LogP contribution in [0, 0.1) is 0 Å². The van der Waals surface area contributed by atoms with E-state index >= 15 is 0 Å². The number of carbonyl (C=O) groups excluding carboxylic acids is 2. The summed E-state index contributed by atoms with van der Waals surface area (Å²) < 4.78 is 5.29. The molecule has 0 aliphatic heterocycles. The van der Waals surface area contributed by atoms with Gasteiger partial charge in [-0.05, 0) is 32.9 Å². The first-order chi connectivity index (χ1) is 7.92. The molecule has 0 unspecified atom stereocenters. The summed E-state index contributed by atoms with van der Waals surface area (Å²) in [5.41, 5.74) is 0.154. The van der Waals surface area contributed by atoms with Gasteiger partial charge in [-0.25, -0.2) is 0 Å². The molecule has 0 bridgehead atoms. The van der Waals surface area contributed by atoms with Gasteiger partial charge in [-0.1, -0.05) is 12.1 Å². The van der Waals surface area contributed by atoms with Crippen molar-refractivity contribution in [1.82, 2.24) is 5.32 Å². The second kappa shape index (κ2) is 5.48. The molecule has 0 aliphatic carbocycles. The molecule has 1 aromatic carbocycles. The van der Waals surface area contributed by atoms with Crippen molar-refractivity contribution in [2.45, 2.75) is 26.3 Å². The number of hydrogen-bond acceptors (Lipinski definition) is 3. The lowest BCUT2D eigenvalue weighted by Crippen LogP contribution is -2.43. The molecule has 0 heterocycles. The average molecular weight is 235 g/mol. The van der Waals surface area contributed by atoms with Gasteiger partial charge in [0, 0.05) is 5.54 Å². The lowest BCUT2D eigenvalue weighted by molar-refractivity contribution is -0.124. The van der Waals surface area contributed by atoms with E-state index in [-0.39, 0.29) is 18.1 Å². The minimum atomic E-state index is -0.287. The quantitative estimate of drug-likeness (QED) is 0.809. The number of carbonyl (C=O) groups is 2. The summed E-state index contributed by atoms with van der Waals surface area (Å²) in [7, 11) is 0. The zero-order valence-corrected chi connectivity index (χ0v) is 10.3. The highest BCUT2D eigenvalue weighted by Crippen LogP contribution is 2.15. The summed E-state index contributed by atoms with van der Waals surface area (Å²) in [5.74, 6) is 0.213. The molecule has 0 saturated carbocycles. The summed E-state index contributed by atoms with van der Waals surface area (Å²) in [6.07, 6.45) is 0.705. The van der Waals surface area contributed by atoms with E-state index in [2.05, 4.69) is 5.32 Å². The number of benzene rings is 1. The second-order valence-electron chi connectivity index (χ2n) is 4.74. The van der Waals surface area contributed by atoms with Crippen molar-refractivity contribution in [3.8, 4) is 5.75 Å². The maximum atomic E-state index is 11.5. The third kappa shape index (κ3) is 4.68. The molecular formula is C13H17NO3. The second-order valence-corrected chi connectivity index (χ2v) is 4.74. The molecule has 17 heavy (non-hydrogen) atoms. The third-order valence-electron chi connectivity index (χ3n) is 1.92. The number of para-hydroxylation sites is 1. The Morgan fingerprint density at radius 1 is 1.35 bits per heavy atom. The van der Waals surface area contributed by atoms with Crippen LogP contribution in [0.1, 0.15) is 31.1 Å². The Morgan fingerprint density at radius 2 is 2.00 bits per heavy atom. The Balaban J connectivity index is 2.56. The first-order valence-corrected chi connectivity index (χ1v) is 5.40. The molecule has 0 atom stereocenters. The smallest absolute Gasteiger partial charge is 0.258 e. The van der Waals surface area contributed by atoms with Gasteiger partial charge in [-0.2, -0.15) is 0 Å². The molecule has 4 nitrogen and oxygen atoms in total. The number of nitrogens with one attached hydrogen (secondary N) is 1. The third-order valence-corrected chi connectivity index (χ3v) is 1.92. The Bertz CT molecular complexity index is 407. The molecule has 1 N–H and O–H groups in total. The number of ether oxygens (including phenoxy) is 1. The van der Waals surface area contributed by atoms with E-state index in [4.69, 9.17) is 4.74 Å². The highest BCUT2D eigenvalue weighted by molar-refractivity contribution is 5.81. The molecule has 0 radical (unpaired) electrons. The predicted molar refractivity (Wildman–Crippen MR) is 65.2 cm³/mol. The Hall–Kier alpha value is -1.84. The van der Waals surface area contributed by atoms with Crippen LogP contribution in [0.2, 0.25) is 0 Å². The van der Waals surface area contributed by atoms with Gasteiger partial charge in [0.1, 0.15) is 5.75 Å². The van der Waals surface area contributed by atoms with Gasteiger partial charge in [-0.15, -0.1) is 0 Å². The van der Waals surface area contributed by atoms with Crippen molar-refractivity contribution in [2.75, 3.05) is 6.61 Å². The van der Waals surface area contributed by atoms with Crippen LogP contribution < -0.4 is 10.1 Å². The standard InChI is InChI=1S/C13H17NO3/c1-13(2,3)14-12(16)9-17-11-7-5-4-6-10(11)8-15/h4-8H,9H2,1-3H3,(H,14,16). The van der Waals surface area contributed by atoms with E-state index in [0.717, 1.165) is 0 Å². The van der Waals surface area contributed by atoms with Crippen molar-refractivity contribution < 1.29 is 14.3 Å². The van der Waals surface area contributed by atoms with Crippen LogP contribution >= 0.6 is 0 Å². The normalized spacial score (nSPS) is 10.8. The van der Waals surface area contributed by atoms with Gasteiger partial charge in [0.2, 0.25) is 0 Å². The predicted octanol–water partition coefficient (Wildman–Crippen LogP) is 1.79. The fourth-order valence-electron chi connectivity index (χ4n) is 1.31. The van der Waals surface area contributed by atoms with E-state index in [1.54, 1.807) is 24.3 Å². The van der Waals surface area contributed by atoms with Gasteiger partial charge in [-0.3, -0.25) is 9.59 Å². The van der Waals surface area contributed by atoms with Crippen LogP contribution in [0.15, 0.2) is 24.3 Å². The van der Waals surface area contributed by atoms with Gasteiger partial charge < -0.3 is 10.1 Å². The highest BCUT2D eigenvalue weighted by atomic mass is 16.5. The number of rotatable bonds is 4. The highest BCUT2D eigenvalue weighted by Gasteiger charge is 2.14. The Kier molecular flexibility index (Phi) is 4.26. The minimum absolute atomic E-state index is 0.0951. The molecule has 0 aromatic heterocycles. The molecule has 0 aliphatic rings. The van der Waals surface area contributed by atoms with E-state index in [9.17, 15) is 9.59 Å².